The molecule has 1 aromatic carbocycles. The van der Waals surface area contributed by atoms with Crippen molar-refractivity contribution in [3.63, 3.8) is 0 Å². The van der Waals surface area contributed by atoms with Crippen LogP contribution in [0.5, 0.6) is 0 Å². The number of carbonyl (C=O) groups is 1. The first kappa shape index (κ1) is 16.0. The lowest BCUT2D eigenvalue weighted by Gasteiger charge is -2.18. The monoisotopic (exact) mass is 333 g/mol. The number of para-hydroxylation sites is 1. The smallest absolute Gasteiger partial charge is 0.310 e. The van der Waals surface area contributed by atoms with E-state index < -0.39 is 23.5 Å². The zero-order chi connectivity index (χ0) is 17.5. The number of benzene rings is 1. The minimum Gasteiger partial charge on any atom is -0.310 e. The van der Waals surface area contributed by atoms with Gasteiger partial charge in [-0.3, -0.25) is 9.20 Å². The zero-order valence-corrected chi connectivity index (χ0v) is 13.0. The number of imidazole rings is 1. The Hall–Kier alpha value is -2.83. The number of aromatic nitrogens is 2. The first-order chi connectivity index (χ1) is 11.3. The van der Waals surface area contributed by atoms with Crippen LogP contribution in [0.15, 0.2) is 48.7 Å². The van der Waals surface area contributed by atoms with Crippen LogP contribution in [0, 0.1) is 6.92 Å². The molecule has 0 aliphatic carbocycles. The van der Waals surface area contributed by atoms with Gasteiger partial charge in [-0.15, -0.1) is 0 Å². The zero-order valence-electron chi connectivity index (χ0n) is 13.0. The number of carbonyl (C=O) groups excluding carboxylic acids is 1. The molecule has 3 aromatic rings. The number of amides is 1. The lowest BCUT2D eigenvalue weighted by molar-refractivity contribution is -0.141. The van der Waals surface area contributed by atoms with Gasteiger partial charge < -0.3 is 4.90 Å². The van der Waals surface area contributed by atoms with Gasteiger partial charge >= 0.3 is 6.18 Å². The number of rotatable bonds is 2. The van der Waals surface area contributed by atoms with Crippen LogP contribution >= 0.6 is 0 Å². The molecule has 1 amide bonds. The molecule has 3 rings (SSSR count). The Morgan fingerprint density at radius 1 is 1.12 bits per heavy atom. The number of pyridine rings is 1. The number of aryl methyl sites for hydroxylation is 1. The first-order valence-corrected chi connectivity index (χ1v) is 7.18. The van der Waals surface area contributed by atoms with Gasteiger partial charge in [-0.25, -0.2) is 4.98 Å². The van der Waals surface area contributed by atoms with E-state index in [1.807, 2.05) is 0 Å². The van der Waals surface area contributed by atoms with Crippen LogP contribution in [0.2, 0.25) is 0 Å². The SMILES string of the molecule is Cc1ccc2nc(C(F)(F)F)c(C(=O)N(C)c3ccccc3)n2c1. The van der Waals surface area contributed by atoms with E-state index in [1.54, 1.807) is 43.3 Å². The number of fused-ring (bicyclic) bond motifs is 1. The summed E-state index contributed by atoms with van der Waals surface area (Å²) in [4.78, 5) is 17.6. The molecule has 124 valence electrons. The molecule has 0 fully saturated rings. The Balaban J connectivity index is 2.20. The molecular weight excluding hydrogens is 319 g/mol. The van der Waals surface area contributed by atoms with Crippen LogP contribution in [-0.2, 0) is 6.18 Å². The molecule has 0 spiro atoms. The van der Waals surface area contributed by atoms with E-state index in [0.29, 0.717) is 5.69 Å². The highest BCUT2D eigenvalue weighted by Crippen LogP contribution is 2.33. The van der Waals surface area contributed by atoms with Crippen molar-refractivity contribution in [2.24, 2.45) is 0 Å². The fourth-order valence-corrected chi connectivity index (χ4v) is 2.48. The van der Waals surface area contributed by atoms with Crippen molar-refractivity contribution in [3.8, 4) is 0 Å². The molecule has 0 aliphatic heterocycles. The average Bonchev–Trinajstić information content (AvgIpc) is 2.93. The van der Waals surface area contributed by atoms with Crippen LogP contribution in [-0.4, -0.2) is 22.3 Å². The highest BCUT2D eigenvalue weighted by molar-refractivity contribution is 6.06. The van der Waals surface area contributed by atoms with Gasteiger partial charge in [-0.05, 0) is 30.7 Å². The lowest BCUT2D eigenvalue weighted by Crippen LogP contribution is -2.29. The van der Waals surface area contributed by atoms with Crippen molar-refractivity contribution in [3.05, 3.63) is 65.6 Å². The molecule has 4 nitrogen and oxygen atoms in total. The largest absolute Gasteiger partial charge is 0.435 e. The van der Waals surface area contributed by atoms with Crippen molar-refractivity contribution < 1.29 is 18.0 Å². The van der Waals surface area contributed by atoms with Gasteiger partial charge in [0.15, 0.2) is 5.69 Å². The molecular formula is C17H14F3N3O. The van der Waals surface area contributed by atoms with Crippen LogP contribution in [0.25, 0.3) is 5.65 Å². The minimum absolute atomic E-state index is 0.0812. The number of hydrogen-bond acceptors (Lipinski definition) is 2. The molecule has 0 N–H and O–H groups in total. The quantitative estimate of drug-likeness (QED) is 0.712. The summed E-state index contributed by atoms with van der Waals surface area (Å²) in [6.07, 6.45) is -3.24. The standard InChI is InChI=1S/C17H14F3N3O/c1-11-8-9-13-21-15(17(18,19)20)14(23(13)10-11)16(24)22(2)12-6-4-3-5-7-12/h3-10H,1-2H3. The van der Waals surface area contributed by atoms with Crippen LogP contribution in [0.4, 0.5) is 18.9 Å². The highest BCUT2D eigenvalue weighted by Gasteiger charge is 2.40. The van der Waals surface area contributed by atoms with Crippen LogP contribution in [0.1, 0.15) is 21.7 Å². The second-order valence-corrected chi connectivity index (χ2v) is 5.44. The van der Waals surface area contributed by atoms with Gasteiger partial charge in [-0.1, -0.05) is 24.3 Å². The van der Waals surface area contributed by atoms with Crippen LogP contribution in [0.3, 0.4) is 0 Å². The Morgan fingerprint density at radius 2 is 1.79 bits per heavy atom. The summed E-state index contributed by atoms with van der Waals surface area (Å²) in [6.45, 7) is 1.74. The topological polar surface area (TPSA) is 37.6 Å². The maximum atomic E-state index is 13.4. The number of hydrogen-bond donors (Lipinski definition) is 0. The summed E-state index contributed by atoms with van der Waals surface area (Å²) in [5, 5.41) is 0. The van der Waals surface area contributed by atoms with Crippen molar-refractivity contribution in [2.45, 2.75) is 13.1 Å². The molecule has 2 aromatic heterocycles. The normalized spacial score (nSPS) is 11.7. The fourth-order valence-electron chi connectivity index (χ4n) is 2.48. The molecule has 7 heteroatoms. The molecule has 2 heterocycles. The third kappa shape index (κ3) is 2.73. The third-order valence-corrected chi connectivity index (χ3v) is 3.69. The number of nitrogens with zero attached hydrogens (tertiary/aromatic N) is 3. The van der Waals surface area contributed by atoms with Crippen molar-refractivity contribution in [2.75, 3.05) is 11.9 Å². The molecule has 0 atom stereocenters. The molecule has 0 saturated heterocycles. The number of anilines is 1. The average molecular weight is 333 g/mol. The van der Waals surface area contributed by atoms with Crippen molar-refractivity contribution in [1.29, 1.82) is 0 Å². The molecule has 24 heavy (non-hydrogen) atoms. The maximum Gasteiger partial charge on any atom is 0.435 e. The fraction of sp³-hybridized carbons (Fsp3) is 0.176. The van der Waals surface area contributed by atoms with Gasteiger partial charge in [0.1, 0.15) is 11.3 Å². The Kier molecular flexibility index (Phi) is 3.79. The van der Waals surface area contributed by atoms with Crippen molar-refractivity contribution >= 4 is 17.2 Å². The summed E-state index contributed by atoms with van der Waals surface area (Å²) < 4.78 is 41.3. The maximum absolute atomic E-state index is 13.4. The van der Waals surface area contributed by atoms with Gasteiger partial charge in [0.05, 0.1) is 0 Å². The number of halogens is 3. The molecule has 0 aliphatic rings. The first-order valence-electron chi connectivity index (χ1n) is 7.18. The second-order valence-electron chi connectivity index (χ2n) is 5.44. The minimum atomic E-state index is -4.72. The molecule has 0 radical (unpaired) electrons. The number of alkyl halides is 3. The summed E-state index contributed by atoms with van der Waals surface area (Å²) in [5.41, 5.74) is -0.366. The van der Waals surface area contributed by atoms with Crippen molar-refractivity contribution in [1.82, 2.24) is 9.38 Å². The van der Waals surface area contributed by atoms with E-state index in [4.69, 9.17) is 0 Å². The van der Waals surface area contributed by atoms with E-state index >= 15 is 0 Å². The summed E-state index contributed by atoms with van der Waals surface area (Å²) in [6, 6.07) is 11.6. The molecule has 0 saturated carbocycles. The van der Waals surface area contributed by atoms with Crippen LogP contribution < -0.4 is 4.90 Å². The van der Waals surface area contributed by atoms with E-state index in [0.717, 1.165) is 5.56 Å². The van der Waals surface area contributed by atoms with E-state index in [9.17, 15) is 18.0 Å². The predicted octanol–water partition coefficient (Wildman–Crippen LogP) is 3.94. The Bertz CT molecular complexity index is 901. The van der Waals surface area contributed by atoms with Gasteiger partial charge in [-0.2, -0.15) is 13.2 Å². The van der Waals surface area contributed by atoms with Gasteiger partial charge in [0.25, 0.3) is 5.91 Å². The molecule has 0 unspecified atom stereocenters. The highest BCUT2D eigenvalue weighted by atomic mass is 19.4. The van der Waals surface area contributed by atoms with Gasteiger partial charge in [0.2, 0.25) is 0 Å². The van der Waals surface area contributed by atoms with E-state index in [2.05, 4.69) is 4.98 Å². The van der Waals surface area contributed by atoms with E-state index in [1.165, 1.54) is 28.6 Å². The predicted molar refractivity (Wildman–Crippen MR) is 84.1 cm³/mol. The third-order valence-electron chi connectivity index (χ3n) is 3.69. The summed E-state index contributed by atoms with van der Waals surface area (Å²) >= 11 is 0. The Labute approximate surface area is 136 Å². The Morgan fingerprint density at radius 3 is 2.42 bits per heavy atom. The second kappa shape index (κ2) is 5.67. The van der Waals surface area contributed by atoms with Gasteiger partial charge in [0, 0.05) is 18.9 Å². The summed E-state index contributed by atoms with van der Waals surface area (Å²) in [5.74, 6) is -0.772. The summed E-state index contributed by atoms with van der Waals surface area (Å²) in [7, 11) is 1.44. The van der Waals surface area contributed by atoms with E-state index in [-0.39, 0.29) is 5.65 Å². The lowest BCUT2D eigenvalue weighted by atomic mass is 10.2. The molecule has 0 bridgehead atoms.